The van der Waals surface area contributed by atoms with Gasteiger partial charge in [-0.05, 0) is 74.2 Å². The fraction of sp³-hybridized carbons (Fsp3) is 0.278. The zero-order valence-electron chi connectivity index (χ0n) is 26.1. The first-order valence-corrected chi connectivity index (χ1v) is 17.3. The molecule has 4 aromatic carbocycles. The molecule has 4 rings (SSSR count). The van der Waals surface area contributed by atoms with E-state index in [9.17, 15) is 18.0 Å². The number of hydrogen-bond acceptors (Lipinski definition) is 4. The molecular weight excluding hydrogens is 650 g/mol. The van der Waals surface area contributed by atoms with Crippen molar-refractivity contribution in [3.05, 3.63) is 130 Å². The highest BCUT2D eigenvalue weighted by atomic mass is 79.9. The molecule has 7 nitrogen and oxygen atoms in total. The van der Waals surface area contributed by atoms with Crippen LogP contribution in [0.25, 0.3) is 0 Å². The van der Waals surface area contributed by atoms with Gasteiger partial charge in [0.1, 0.15) is 12.6 Å². The lowest BCUT2D eigenvalue weighted by molar-refractivity contribution is -0.140. The summed E-state index contributed by atoms with van der Waals surface area (Å²) >= 11 is 3.52. The second-order valence-corrected chi connectivity index (χ2v) is 14.1. The van der Waals surface area contributed by atoms with Crippen LogP contribution in [0, 0.1) is 13.8 Å². The van der Waals surface area contributed by atoms with E-state index in [-0.39, 0.29) is 29.8 Å². The number of rotatable bonds is 13. The topological polar surface area (TPSA) is 86.8 Å². The number of carbonyl (C=O) groups is 2. The first-order chi connectivity index (χ1) is 21.5. The van der Waals surface area contributed by atoms with Gasteiger partial charge in [0.15, 0.2) is 0 Å². The molecule has 0 heterocycles. The number of aryl methyl sites for hydroxylation is 2. The molecule has 0 saturated heterocycles. The number of nitrogens with zero attached hydrogens (tertiary/aromatic N) is 2. The van der Waals surface area contributed by atoms with Crippen molar-refractivity contribution in [3.63, 3.8) is 0 Å². The van der Waals surface area contributed by atoms with Gasteiger partial charge in [-0.25, -0.2) is 8.42 Å². The molecule has 236 valence electrons. The molecule has 2 unspecified atom stereocenters. The molecule has 0 aliphatic rings. The van der Waals surface area contributed by atoms with Crippen molar-refractivity contribution >= 4 is 43.5 Å². The number of halogens is 1. The summed E-state index contributed by atoms with van der Waals surface area (Å²) < 4.78 is 30.4. The lowest BCUT2D eigenvalue weighted by Crippen LogP contribution is -2.54. The maximum Gasteiger partial charge on any atom is 0.264 e. The number of amides is 2. The minimum Gasteiger partial charge on any atom is -0.352 e. The predicted molar refractivity (Wildman–Crippen MR) is 183 cm³/mol. The van der Waals surface area contributed by atoms with E-state index in [2.05, 4.69) is 21.2 Å². The molecule has 0 fully saturated rings. The van der Waals surface area contributed by atoms with Crippen molar-refractivity contribution in [1.29, 1.82) is 0 Å². The van der Waals surface area contributed by atoms with Crippen LogP contribution in [0.2, 0.25) is 0 Å². The van der Waals surface area contributed by atoms with Crippen molar-refractivity contribution in [2.45, 2.75) is 64.1 Å². The van der Waals surface area contributed by atoms with E-state index in [1.54, 1.807) is 24.3 Å². The summed E-state index contributed by atoms with van der Waals surface area (Å²) in [6, 6.07) is 29.6. The summed E-state index contributed by atoms with van der Waals surface area (Å²) in [6.07, 6.45) is 0.983. The van der Waals surface area contributed by atoms with Crippen molar-refractivity contribution in [1.82, 2.24) is 10.2 Å². The van der Waals surface area contributed by atoms with Gasteiger partial charge in [0, 0.05) is 23.5 Å². The number of benzene rings is 4. The number of hydrogen-bond donors (Lipinski definition) is 1. The van der Waals surface area contributed by atoms with E-state index in [0.717, 1.165) is 33.1 Å². The highest BCUT2D eigenvalue weighted by Crippen LogP contribution is 2.28. The van der Waals surface area contributed by atoms with Gasteiger partial charge in [-0.15, -0.1) is 0 Å². The summed E-state index contributed by atoms with van der Waals surface area (Å²) in [7, 11) is -4.15. The van der Waals surface area contributed by atoms with Gasteiger partial charge in [0.05, 0.1) is 10.6 Å². The van der Waals surface area contributed by atoms with Gasteiger partial charge in [-0.3, -0.25) is 13.9 Å². The summed E-state index contributed by atoms with van der Waals surface area (Å²) in [4.78, 5) is 30.1. The molecule has 0 aromatic heterocycles. The van der Waals surface area contributed by atoms with Gasteiger partial charge in [0.25, 0.3) is 10.0 Å². The number of sulfonamides is 1. The van der Waals surface area contributed by atoms with Gasteiger partial charge in [-0.1, -0.05) is 101 Å². The molecule has 0 bridgehead atoms. The van der Waals surface area contributed by atoms with Crippen LogP contribution in [0.4, 0.5) is 5.69 Å². The molecule has 0 saturated carbocycles. The Balaban J connectivity index is 1.83. The van der Waals surface area contributed by atoms with Crippen LogP contribution in [0.1, 0.15) is 42.5 Å². The SMILES string of the molecule is CCC(C)NC(=O)C(Cc1ccccc1)N(Cc1cccc(Br)c1)C(=O)CN(c1ccc(C)cc1C)S(=O)(=O)c1ccccc1. The molecule has 0 radical (unpaired) electrons. The number of anilines is 1. The summed E-state index contributed by atoms with van der Waals surface area (Å²) in [5, 5.41) is 3.06. The average molecular weight is 691 g/mol. The monoisotopic (exact) mass is 689 g/mol. The van der Waals surface area contributed by atoms with E-state index in [1.807, 2.05) is 94.4 Å². The third kappa shape index (κ3) is 8.83. The average Bonchev–Trinajstić information content (AvgIpc) is 3.02. The maximum atomic E-state index is 14.6. The Kier molecular flexibility index (Phi) is 11.6. The lowest BCUT2D eigenvalue weighted by Gasteiger charge is -2.34. The predicted octanol–water partition coefficient (Wildman–Crippen LogP) is 6.82. The lowest BCUT2D eigenvalue weighted by atomic mass is 10.0. The molecule has 1 N–H and O–H groups in total. The van der Waals surface area contributed by atoms with E-state index in [1.165, 1.54) is 21.3 Å². The standard InChI is InChI=1S/C36H40BrN3O4S/c1-5-28(4)38-36(42)34(23-29-13-8-6-9-14-29)39(24-30-15-12-16-31(37)22-30)35(41)25-40(33-20-19-26(2)21-27(33)3)45(43,44)32-17-10-7-11-18-32/h6-22,28,34H,5,23-25H2,1-4H3,(H,38,42). The molecule has 4 aromatic rings. The Bertz CT molecular complexity index is 1720. The zero-order valence-corrected chi connectivity index (χ0v) is 28.5. The molecule has 9 heteroatoms. The van der Waals surface area contributed by atoms with Crippen LogP contribution in [0.3, 0.4) is 0 Å². The first kappa shape index (κ1) is 33.9. The Morgan fingerprint density at radius 2 is 1.49 bits per heavy atom. The Hall–Kier alpha value is -3.95. The third-order valence-electron chi connectivity index (χ3n) is 7.75. The van der Waals surface area contributed by atoms with Gasteiger partial charge < -0.3 is 10.2 Å². The normalized spacial score (nSPS) is 12.6. The Labute approximate surface area is 275 Å². The second kappa shape index (κ2) is 15.4. The van der Waals surface area contributed by atoms with Crippen LogP contribution >= 0.6 is 15.9 Å². The molecule has 0 spiro atoms. The van der Waals surface area contributed by atoms with Crippen LogP contribution in [-0.4, -0.2) is 43.8 Å². The van der Waals surface area contributed by atoms with Gasteiger partial charge in [-0.2, -0.15) is 0 Å². The number of carbonyl (C=O) groups excluding carboxylic acids is 2. The first-order valence-electron chi connectivity index (χ1n) is 15.0. The fourth-order valence-corrected chi connectivity index (χ4v) is 7.09. The van der Waals surface area contributed by atoms with E-state index >= 15 is 0 Å². The highest BCUT2D eigenvalue weighted by molar-refractivity contribution is 9.10. The zero-order chi connectivity index (χ0) is 32.6. The van der Waals surface area contributed by atoms with Gasteiger partial charge in [0.2, 0.25) is 11.8 Å². The minimum atomic E-state index is -4.15. The van der Waals surface area contributed by atoms with Crippen molar-refractivity contribution in [3.8, 4) is 0 Å². The van der Waals surface area contributed by atoms with Crippen LogP contribution in [0.15, 0.2) is 112 Å². The van der Waals surface area contributed by atoms with E-state index in [4.69, 9.17) is 0 Å². The van der Waals surface area contributed by atoms with Crippen molar-refractivity contribution in [2.75, 3.05) is 10.8 Å². The Morgan fingerprint density at radius 1 is 0.844 bits per heavy atom. The molecule has 0 aliphatic carbocycles. The van der Waals surface area contributed by atoms with Crippen molar-refractivity contribution in [2.24, 2.45) is 0 Å². The van der Waals surface area contributed by atoms with Crippen LogP contribution in [0.5, 0.6) is 0 Å². The van der Waals surface area contributed by atoms with Crippen LogP contribution < -0.4 is 9.62 Å². The largest absolute Gasteiger partial charge is 0.352 e. The summed E-state index contributed by atoms with van der Waals surface area (Å²) in [5.41, 5.74) is 3.79. The molecular formula is C36H40BrN3O4S. The van der Waals surface area contributed by atoms with Crippen molar-refractivity contribution < 1.29 is 18.0 Å². The molecule has 45 heavy (non-hydrogen) atoms. The Morgan fingerprint density at radius 3 is 2.11 bits per heavy atom. The van der Waals surface area contributed by atoms with Gasteiger partial charge >= 0.3 is 0 Å². The smallest absolute Gasteiger partial charge is 0.264 e. The van der Waals surface area contributed by atoms with Crippen LogP contribution in [-0.2, 0) is 32.6 Å². The third-order valence-corrected chi connectivity index (χ3v) is 10.0. The summed E-state index contributed by atoms with van der Waals surface area (Å²) in [5.74, 6) is -0.782. The highest BCUT2D eigenvalue weighted by Gasteiger charge is 2.35. The molecule has 0 aliphatic heterocycles. The number of nitrogens with one attached hydrogen (secondary N) is 1. The molecule has 2 atom stereocenters. The molecule has 2 amide bonds. The van der Waals surface area contributed by atoms with E-state index < -0.39 is 28.5 Å². The maximum absolute atomic E-state index is 14.6. The summed E-state index contributed by atoms with van der Waals surface area (Å²) in [6.45, 7) is 7.29. The fourth-order valence-electron chi connectivity index (χ4n) is 5.15. The minimum absolute atomic E-state index is 0.0756. The second-order valence-electron chi connectivity index (χ2n) is 11.3. The van der Waals surface area contributed by atoms with E-state index in [0.29, 0.717) is 5.69 Å². The quantitative estimate of drug-likeness (QED) is 0.167.